The minimum Gasteiger partial charge on any atom is -0.494 e. The monoisotopic (exact) mass is 203 g/mol. The highest BCUT2D eigenvalue weighted by Gasteiger charge is 2.03. The Bertz CT molecular complexity index is 468. The zero-order valence-corrected chi connectivity index (χ0v) is 8.60. The zero-order chi connectivity index (χ0) is 10.7. The van der Waals surface area contributed by atoms with Gasteiger partial charge in [0, 0.05) is 24.1 Å². The van der Waals surface area contributed by atoms with Gasteiger partial charge in [-0.2, -0.15) is 0 Å². The van der Waals surface area contributed by atoms with Gasteiger partial charge in [0.25, 0.3) is 0 Å². The van der Waals surface area contributed by atoms with Crippen LogP contribution in [0.4, 0.5) is 0 Å². The highest BCUT2D eigenvalue weighted by Crippen LogP contribution is 2.23. The number of aromatic nitrogens is 1. The van der Waals surface area contributed by atoms with Gasteiger partial charge in [-0.05, 0) is 12.1 Å². The topological polar surface area (TPSA) is 42.4 Å². The van der Waals surface area contributed by atoms with Gasteiger partial charge in [-0.15, -0.1) is 0 Å². The van der Waals surface area contributed by atoms with Crippen molar-refractivity contribution in [2.24, 2.45) is 0 Å². The average molecular weight is 203 g/mol. The van der Waals surface area contributed by atoms with E-state index in [1.54, 1.807) is 7.11 Å². The normalized spacial score (nSPS) is 10.5. The van der Waals surface area contributed by atoms with Gasteiger partial charge < -0.3 is 9.84 Å². The molecule has 0 aliphatic rings. The maximum Gasteiger partial charge on any atom is 0.145 e. The molecule has 0 unspecified atom stereocenters. The van der Waals surface area contributed by atoms with Gasteiger partial charge in [0.1, 0.15) is 11.3 Å². The van der Waals surface area contributed by atoms with Gasteiger partial charge in [-0.3, -0.25) is 0 Å². The number of para-hydroxylation sites is 1. The van der Waals surface area contributed by atoms with Crippen molar-refractivity contribution in [1.29, 1.82) is 0 Å². The third-order valence-corrected chi connectivity index (χ3v) is 2.33. The summed E-state index contributed by atoms with van der Waals surface area (Å²) in [6.45, 7) is 0.119. The first-order valence-corrected chi connectivity index (χ1v) is 4.88. The minimum absolute atomic E-state index is 0.119. The van der Waals surface area contributed by atoms with Crippen LogP contribution in [0.15, 0.2) is 30.3 Å². The second-order valence-corrected chi connectivity index (χ2v) is 3.31. The third kappa shape index (κ3) is 1.92. The molecule has 0 atom stereocenters. The van der Waals surface area contributed by atoms with Crippen molar-refractivity contribution in [2.75, 3.05) is 13.7 Å². The molecule has 0 bridgehead atoms. The Morgan fingerprint density at radius 3 is 2.87 bits per heavy atom. The van der Waals surface area contributed by atoms with E-state index < -0.39 is 0 Å². The zero-order valence-electron chi connectivity index (χ0n) is 8.60. The number of rotatable bonds is 3. The molecule has 0 aliphatic heterocycles. The molecule has 78 valence electrons. The number of hydrogen-bond donors (Lipinski definition) is 1. The lowest BCUT2D eigenvalue weighted by molar-refractivity contribution is 0.298. The van der Waals surface area contributed by atoms with E-state index in [2.05, 4.69) is 4.98 Å². The van der Waals surface area contributed by atoms with Crippen molar-refractivity contribution in [3.8, 4) is 5.75 Å². The number of ether oxygens (including phenoxy) is 1. The summed E-state index contributed by atoms with van der Waals surface area (Å²) in [5, 5.41) is 9.90. The number of benzene rings is 1. The molecule has 3 heteroatoms. The summed E-state index contributed by atoms with van der Waals surface area (Å²) >= 11 is 0. The van der Waals surface area contributed by atoms with Crippen molar-refractivity contribution >= 4 is 10.9 Å². The maximum absolute atomic E-state index is 8.85. The van der Waals surface area contributed by atoms with Crippen molar-refractivity contribution in [3.05, 3.63) is 36.0 Å². The highest BCUT2D eigenvalue weighted by molar-refractivity contribution is 5.84. The third-order valence-electron chi connectivity index (χ3n) is 2.33. The Morgan fingerprint density at radius 2 is 2.13 bits per heavy atom. The van der Waals surface area contributed by atoms with Gasteiger partial charge >= 0.3 is 0 Å². The van der Waals surface area contributed by atoms with Gasteiger partial charge in [-0.1, -0.05) is 18.2 Å². The standard InChI is InChI=1S/C12H13NO2/c1-15-11-4-2-3-9-5-6-10(7-8-14)13-12(9)11/h2-6,14H,7-8H2,1H3. The molecule has 2 rings (SSSR count). The molecule has 1 N–H and O–H groups in total. The summed E-state index contributed by atoms with van der Waals surface area (Å²) < 4.78 is 5.24. The lowest BCUT2D eigenvalue weighted by Crippen LogP contribution is -1.95. The van der Waals surface area contributed by atoms with Crippen LogP contribution in [0.2, 0.25) is 0 Å². The first-order valence-electron chi connectivity index (χ1n) is 4.88. The molecular weight excluding hydrogens is 190 g/mol. The van der Waals surface area contributed by atoms with Crippen LogP contribution in [0.1, 0.15) is 5.69 Å². The fourth-order valence-corrected chi connectivity index (χ4v) is 1.58. The largest absolute Gasteiger partial charge is 0.494 e. The van der Waals surface area contributed by atoms with Gasteiger partial charge in [-0.25, -0.2) is 4.98 Å². The van der Waals surface area contributed by atoms with Crippen LogP contribution in [-0.4, -0.2) is 23.8 Å². The van der Waals surface area contributed by atoms with Crippen LogP contribution in [0, 0.1) is 0 Å². The number of aliphatic hydroxyl groups is 1. The van der Waals surface area contributed by atoms with Crippen molar-refractivity contribution in [3.63, 3.8) is 0 Å². The average Bonchev–Trinajstić information content (AvgIpc) is 2.28. The summed E-state index contributed by atoms with van der Waals surface area (Å²) in [6, 6.07) is 9.74. The summed E-state index contributed by atoms with van der Waals surface area (Å²) in [7, 11) is 1.63. The van der Waals surface area contributed by atoms with E-state index in [0.717, 1.165) is 22.3 Å². The maximum atomic E-state index is 8.85. The molecule has 0 spiro atoms. The van der Waals surface area contributed by atoms with Crippen molar-refractivity contribution in [2.45, 2.75) is 6.42 Å². The second kappa shape index (κ2) is 4.28. The quantitative estimate of drug-likeness (QED) is 0.826. The number of fused-ring (bicyclic) bond motifs is 1. The van der Waals surface area contributed by atoms with Crippen LogP contribution in [0.3, 0.4) is 0 Å². The number of methoxy groups -OCH3 is 1. The molecular formula is C12H13NO2. The lowest BCUT2D eigenvalue weighted by atomic mass is 10.1. The fourth-order valence-electron chi connectivity index (χ4n) is 1.58. The van der Waals surface area contributed by atoms with E-state index in [9.17, 15) is 0 Å². The van der Waals surface area contributed by atoms with E-state index >= 15 is 0 Å². The van der Waals surface area contributed by atoms with Gasteiger partial charge in [0.2, 0.25) is 0 Å². The molecule has 3 nitrogen and oxygen atoms in total. The van der Waals surface area contributed by atoms with Crippen LogP contribution >= 0.6 is 0 Å². The molecule has 2 aromatic rings. The van der Waals surface area contributed by atoms with E-state index in [0.29, 0.717) is 6.42 Å². The SMILES string of the molecule is COc1cccc2ccc(CCO)nc12. The predicted molar refractivity (Wildman–Crippen MR) is 59.1 cm³/mol. The van der Waals surface area contributed by atoms with Crippen molar-refractivity contribution < 1.29 is 9.84 Å². The van der Waals surface area contributed by atoms with Crippen LogP contribution in [0.25, 0.3) is 10.9 Å². The molecule has 1 aromatic carbocycles. The van der Waals surface area contributed by atoms with Gasteiger partial charge in [0.05, 0.1) is 7.11 Å². The fraction of sp³-hybridized carbons (Fsp3) is 0.250. The Balaban J connectivity index is 2.57. The first-order chi connectivity index (χ1) is 7.35. The Morgan fingerprint density at radius 1 is 1.27 bits per heavy atom. The molecule has 0 fully saturated rings. The molecule has 1 heterocycles. The Labute approximate surface area is 88.3 Å². The summed E-state index contributed by atoms with van der Waals surface area (Å²) in [4.78, 5) is 4.45. The van der Waals surface area contributed by atoms with E-state index in [4.69, 9.17) is 9.84 Å². The summed E-state index contributed by atoms with van der Waals surface area (Å²) in [5.74, 6) is 0.771. The number of hydrogen-bond acceptors (Lipinski definition) is 3. The number of nitrogens with zero attached hydrogens (tertiary/aromatic N) is 1. The first kappa shape index (κ1) is 9.93. The molecule has 0 saturated heterocycles. The van der Waals surface area contributed by atoms with Gasteiger partial charge in [0.15, 0.2) is 0 Å². The molecule has 15 heavy (non-hydrogen) atoms. The highest BCUT2D eigenvalue weighted by atomic mass is 16.5. The Hall–Kier alpha value is -1.61. The van der Waals surface area contributed by atoms with E-state index in [-0.39, 0.29) is 6.61 Å². The predicted octanol–water partition coefficient (Wildman–Crippen LogP) is 1.78. The second-order valence-electron chi connectivity index (χ2n) is 3.31. The van der Waals surface area contributed by atoms with Crippen molar-refractivity contribution in [1.82, 2.24) is 4.98 Å². The van der Waals surface area contributed by atoms with E-state index in [1.165, 1.54) is 0 Å². The summed E-state index contributed by atoms with van der Waals surface area (Å²) in [6.07, 6.45) is 0.577. The van der Waals surface area contributed by atoms with Crippen LogP contribution in [-0.2, 0) is 6.42 Å². The lowest BCUT2D eigenvalue weighted by Gasteiger charge is -2.05. The molecule has 0 saturated carbocycles. The molecule has 1 aromatic heterocycles. The van der Waals surface area contributed by atoms with E-state index in [1.807, 2.05) is 30.3 Å². The summed E-state index contributed by atoms with van der Waals surface area (Å²) in [5.41, 5.74) is 1.74. The number of pyridine rings is 1. The van der Waals surface area contributed by atoms with Crippen LogP contribution < -0.4 is 4.74 Å². The number of aliphatic hydroxyl groups excluding tert-OH is 1. The van der Waals surface area contributed by atoms with Crippen LogP contribution in [0.5, 0.6) is 5.75 Å². The molecule has 0 amide bonds. The minimum atomic E-state index is 0.119. The smallest absolute Gasteiger partial charge is 0.145 e. The molecule has 0 radical (unpaired) electrons. The molecule has 0 aliphatic carbocycles. The Kier molecular flexibility index (Phi) is 2.83.